The molecule has 0 atom stereocenters. The minimum Gasteiger partial charge on any atom is -0.508 e. The lowest BCUT2D eigenvalue weighted by molar-refractivity contribution is -0.120. The van der Waals surface area contributed by atoms with Crippen molar-refractivity contribution in [2.75, 3.05) is 7.11 Å². The summed E-state index contributed by atoms with van der Waals surface area (Å²) in [7, 11) is 1.55. The summed E-state index contributed by atoms with van der Waals surface area (Å²) in [4.78, 5) is 15.8. The Morgan fingerprint density at radius 2 is 2.15 bits per heavy atom. The fourth-order valence-corrected chi connectivity index (χ4v) is 1.75. The second kappa shape index (κ2) is 6.56. The zero-order valence-corrected chi connectivity index (χ0v) is 11.2. The monoisotopic (exact) mass is 272 g/mol. The summed E-state index contributed by atoms with van der Waals surface area (Å²) in [6.45, 7) is 0.411. The van der Waals surface area contributed by atoms with Crippen LogP contribution in [0.1, 0.15) is 11.1 Å². The van der Waals surface area contributed by atoms with E-state index in [1.54, 1.807) is 43.6 Å². The van der Waals surface area contributed by atoms with E-state index in [2.05, 4.69) is 10.3 Å². The Morgan fingerprint density at radius 1 is 1.30 bits per heavy atom. The van der Waals surface area contributed by atoms with Gasteiger partial charge in [-0.3, -0.25) is 4.79 Å². The zero-order chi connectivity index (χ0) is 14.4. The molecule has 0 saturated carbocycles. The van der Waals surface area contributed by atoms with Crippen molar-refractivity contribution in [3.63, 3.8) is 0 Å². The van der Waals surface area contributed by atoms with Gasteiger partial charge in [-0.1, -0.05) is 18.2 Å². The molecule has 0 aliphatic carbocycles. The molecule has 2 rings (SSSR count). The van der Waals surface area contributed by atoms with E-state index in [1.807, 2.05) is 6.07 Å². The van der Waals surface area contributed by atoms with E-state index >= 15 is 0 Å². The van der Waals surface area contributed by atoms with Gasteiger partial charge in [0.15, 0.2) is 0 Å². The van der Waals surface area contributed by atoms with Crippen molar-refractivity contribution in [2.24, 2.45) is 0 Å². The van der Waals surface area contributed by atoms with E-state index < -0.39 is 0 Å². The van der Waals surface area contributed by atoms with Crippen LogP contribution < -0.4 is 10.1 Å². The molecular weight excluding hydrogens is 256 g/mol. The first kappa shape index (κ1) is 13.9. The Kier molecular flexibility index (Phi) is 4.55. The molecule has 1 amide bonds. The Hall–Kier alpha value is -2.56. The highest BCUT2D eigenvalue weighted by molar-refractivity contribution is 5.78. The third-order valence-corrected chi connectivity index (χ3v) is 2.77. The lowest BCUT2D eigenvalue weighted by atomic mass is 10.1. The number of phenols is 1. The Bertz CT molecular complexity index is 582. The molecule has 0 radical (unpaired) electrons. The molecule has 0 spiro atoms. The molecule has 20 heavy (non-hydrogen) atoms. The average molecular weight is 272 g/mol. The number of hydrogen-bond acceptors (Lipinski definition) is 4. The van der Waals surface area contributed by atoms with Gasteiger partial charge in [-0.05, 0) is 23.3 Å². The van der Waals surface area contributed by atoms with Gasteiger partial charge >= 0.3 is 0 Å². The predicted octanol–water partition coefficient (Wildman–Crippen LogP) is 1.65. The third kappa shape index (κ3) is 3.98. The second-order valence-electron chi connectivity index (χ2n) is 4.33. The number of nitrogens with zero attached hydrogens (tertiary/aromatic N) is 1. The number of aromatic nitrogens is 1. The van der Waals surface area contributed by atoms with Crippen molar-refractivity contribution >= 4 is 5.91 Å². The first-order chi connectivity index (χ1) is 9.67. The molecule has 2 N–H and O–H groups in total. The number of phenolic OH excluding ortho intramolecular Hbond substituents is 1. The van der Waals surface area contributed by atoms with Gasteiger partial charge in [0.25, 0.3) is 0 Å². The molecule has 5 nitrogen and oxygen atoms in total. The highest BCUT2D eigenvalue weighted by atomic mass is 16.5. The van der Waals surface area contributed by atoms with Gasteiger partial charge in [0.05, 0.1) is 13.5 Å². The fourth-order valence-electron chi connectivity index (χ4n) is 1.75. The van der Waals surface area contributed by atoms with Crippen LogP contribution in [-0.4, -0.2) is 23.1 Å². The number of methoxy groups -OCH3 is 1. The number of nitrogens with one attached hydrogen (secondary N) is 1. The van der Waals surface area contributed by atoms with Crippen molar-refractivity contribution in [1.29, 1.82) is 0 Å². The van der Waals surface area contributed by atoms with Crippen LogP contribution in [0.25, 0.3) is 0 Å². The van der Waals surface area contributed by atoms with Crippen molar-refractivity contribution in [1.82, 2.24) is 10.3 Å². The molecule has 1 aromatic carbocycles. The molecule has 0 aliphatic heterocycles. The van der Waals surface area contributed by atoms with Crippen LogP contribution in [0.4, 0.5) is 0 Å². The van der Waals surface area contributed by atoms with Crippen LogP contribution in [0, 0.1) is 0 Å². The smallest absolute Gasteiger partial charge is 0.224 e. The fraction of sp³-hybridized carbons (Fsp3) is 0.200. The number of amides is 1. The maximum atomic E-state index is 11.8. The molecule has 104 valence electrons. The molecule has 0 saturated heterocycles. The van der Waals surface area contributed by atoms with E-state index in [-0.39, 0.29) is 18.1 Å². The molecule has 0 aliphatic rings. The standard InChI is InChI=1S/C15H16N2O3/c1-20-15-6-5-12(10-17-15)9-16-14(19)8-11-3-2-4-13(18)7-11/h2-7,10,18H,8-9H2,1H3,(H,16,19). The molecule has 1 heterocycles. The topological polar surface area (TPSA) is 71.5 Å². The van der Waals surface area contributed by atoms with Crippen LogP contribution in [-0.2, 0) is 17.8 Å². The summed E-state index contributed by atoms with van der Waals surface area (Å²) in [5.74, 6) is 0.598. The van der Waals surface area contributed by atoms with Gasteiger partial charge in [0.1, 0.15) is 5.75 Å². The van der Waals surface area contributed by atoms with Gasteiger partial charge in [-0.2, -0.15) is 0 Å². The second-order valence-corrected chi connectivity index (χ2v) is 4.33. The lowest BCUT2D eigenvalue weighted by Gasteiger charge is -2.06. The average Bonchev–Trinajstić information content (AvgIpc) is 2.46. The molecule has 5 heteroatoms. The highest BCUT2D eigenvalue weighted by Gasteiger charge is 2.04. The summed E-state index contributed by atoms with van der Waals surface area (Å²) in [5, 5.41) is 12.1. The largest absolute Gasteiger partial charge is 0.508 e. The number of carbonyl (C=O) groups excluding carboxylic acids is 1. The molecular formula is C15H16N2O3. The number of aromatic hydroxyl groups is 1. The summed E-state index contributed by atoms with van der Waals surface area (Å²) >= 11 is 0. The van der Waals surface area contributed by atoms with E-state index in [9.17, 15) is 9.90 Å². The van der Waals surface area contributed by atoms with E-state index in [4.69, 9.17) is 4.74 Å². The number of hydrogen-bond donors (Lipinski definition) is 2. The van der Waals surface area contributed by atoms with Gasteiger partial charge in [0.2, 0.25) is 11.8 Å². The highest BCUT2D eigenvalue weighted by Crippen LogP contribution is 2.11. The Labute approximate surface area is 117 Å². The van der Waals surface area contributed by atoms with Crippen LogP contribution >= 0.6 is 0 Å². The van der Waals surface area contributed by atoms with Crippen molar-refractivity contribution in [3.8, 4) is 11.6 Å². The lowest BCUT2D eigenvalue weighted by Crippen LogP contribution is -2.24. The van der Waals surface area contributed by atoms with Gasteiger partial charge in [0, 0.05) is 18.8 Å². The number of carbonyl (C=O) groups is 1. The normalized spacial score (nSPS) is 10.1. The molecule has 0 unspecified atom stereocenters. The maximum Gasteiger partial charge on any atom is 0.224 e. The van der Waals surface area contributed by atoms with E-state index in [0.717, 1.165) is 11.1 Å². The molecule has 2 aromatic rings. The van der Waals surface area contributed by atoms with Crippen LogP contribution in [0.15, 0.2) is 42.6 Å². The SMILES string of the molecule is COc1ccc(CNC(=O)Cc2cccc(O)c2)cn1. The van der Waals surface area contributed by atoms with Crippen LogP contribution in [0.5, 0.6) is 11.6 Å². The zero-order valence-electron chi connectivity index (χ0n) is 11.2. The summed E-state index contributed by atoms with van der Waals surface area (Å²) in [6, 6.07) is 10.3. The third-order valence-electron chi connectivity index (χ3n) is 2.77. The number of ether oxygens (including phenoxy) is 1. The first-order valence-electron chi connectivity index (χ1n) is 6.21. The van der Waals surface area contributed by atoms with Gasteiger partial charge < -0.3 is 15.2 Å². The molecule has 1 aromatic heterocycles. The van der Waals surface area contributed by atoms with Crippen molar-refractivity contribution < 1.29 is 14.6 Å². The Balaban J connectivity index is 1.85. The molecule has 0 fully saturated rings. The van der Waals surface area contributed by atoms with Gasteiger partial charge in [-0.15, -0.1) is 0 Å². The minimum absolute atomic E-state index is 0.105. The van der Waals surface area contributed by atoms with Gasteiger partial charge in [-0.25, -0.2) is 4.98 Å². The Morgan fingerprint density at radius 3 is 2.80 bits per heavy atom. The molecule has 0 bridgehead atoms. The quantitative estimate of drug-likeness (QED) is 0.868. The summed E-state index contributed by atoms with van der Waals surface area (Å²) < 4.78 is 4.96. The van der Waals surface area contributed by atoms with Crippen LogP contribution in [0.3, 0.4) is 0 Å². The minimum atomic E-state index is -0.105. The van der Waals surface area contributed by atoms with Crippen molar-refractivity contribution in [2.45, 2.75) is 13.0 Å². The number of benzene rings is 1. The number of pyridine rings is 1. The van der Waals surface area contributed by atoms with E-state index in [0.29, 0.717) is 12.4 Å². The first-order valence-corrected chi connectivity index (χ1v) is 6.21. The number of rotatable bonds is 5. The van der Waals surface area contributed by atoms with E-state index in [1.165, 1.54) is 0 Å². The summed E-state index contributed by atoms with van der Waals surface area (Å²) in [5.41, 5.74) is 1.67. The predicted molar refractivity (Wildman–Crippen MR) is 74.4 cm³/mol. The maximum absolute atomic E-state index is 11.8. The van der Waals surface area contributed by atoms with Crippen molar-refractivity contribution in [3.05, 3.63) is 53.7 Å². The summed E-state index contributed by atoms with van der Waals surface area (Å²) in [6.07, 6.45) is 1.89. The van der Waals surface area contributed by atoms with Crippen LogP contribution in [0.2, 0.25) is 0 Å².